The Hall–Kier alpha value is -3.88. The lowest BCUT2D eigenvalue weighted by Gasteiger charge is -2.25. The van der Waals surface area contributed by atoms with E-state index in [-0.39, 0.29) is 29.7 Å². The van der Waals surface area contributed by atoms with Crippen molar-refractivity contribution in [3.05, 3.63) is 53.1 Å². The van der Waals surface area contributed by atoms with Crippen LogP contribution in [0.3, 0.4) is 0 Å². The number of hydrogen-bond donors (Lipinski definition) is 3. The Morgan fingerprint density at radius 2 is 2.06 bits per heavy atom. The van der Waals surface area contributed by atoms with Crippen molar-refractivity contribution in [2.24, 2.45) is 16.9 Å². The minimum atomic E-state index is -0.427. The maximum atomic E-state index is 13.0. The number of carbonyl (C=O) groups excluding carboxylic acids is 2. The van der Waals surface area contributed by atoms with Crippen molar-refractivity contribution >= 4 is 29.4 Å². The van der Waals surface area contributed by atoms with Gasteiger partial charge in [-0.3, -0.25) is 9.59 Å². The standard InChI is InChI=1S/C22H25N5O4/c1-27(2)22(29)17-10-13(19(11-23)26-24)4-6-18(17)25-21(28)15-8-14-9-16(30-3)5-7-20(14)31-12-15/h4-7,9-11,15,23H,8,12,24H2,1-3H3,(H,25,28)/b23-11?,26-19+. The number of benzene rings is 2. The molecule has 31 heavy (non-hydrogen) atoms. The van der Waals surface area contributed by atoms with Gasteiger partial charge in [-0.1, -0.05) is 6.07 Å². The molecule has 0 radical (unpaired) electrons. The Morgan fingerprint density at radius 1 is 1.29 bits per heavy atom. The van der Waals surface area contributed by atoms with Gasteiger partial charge < -0.3 is 30.9 Å². The zero-order valence-electron chi connectivity index (χ0n) is 17.6. The molecule has 2 aromatic rings. The molecule has 1 unspecified atom stereocenters. The van der Waals surface area contributed by atoms with Gasteiger partial charge in [0.2, 0.25) is 5.91 Å². The molecule has 0 saturated heterocycles. The Kier molecular flexibility index (Phi) is 6.54. The van der Waals surface area contributed by atoms with E-state index in [1.54, 1.807) is 39.4 Å². The minimum absolute atomic E-state index is 0.219. The van der Waals surface area contributed by atoms with E-state index >= 15 is 0 Å². The largest absolute Gasteiger partial charge is 0.497 e. The summed E-state index contributed by atoms with van der Waals surface area (Å²) in [6, 6.07) is 10.3. The molecule has 162 valence electrons. The summed E-state index contributed by atoms with van der Waals surface area (Å²) in [6.07, 6.45) is 1.49. The summed E-state index contributed by atoms with van der Waals surface area (Å²) in [5.74, 6) is 5.78. The van der Waals surface area contributed by atoms with E-state index in [9.17, 15) is 9.59 Å². The molecule has 0 aromatic heterocycles. The second kappa shape index (κ2) is 9.29. The summed E-state index contributed by atoms with van der Waals surface area (Å²) in [5.41, 5.74) is 2.25. The Balaban J connectivity index is 1.86. The highest BCUT2D eigenvalue weighted by atomic mass is 16.5. The number of nitrogens with two attached hydrogens (primary N) is 1. The van der Waals surface area contributed by atoms with Gasteiger partial charge in [0.15, 0.2) is 0 Å². The molecule has 1 atom stereocenters. The average molecular weight is 423 g/mol. The fourth-order valence-electron chi connectivity index (χ4n) is 3.33. The van der Waals surface area contributed by atoms with Crippen LogP contribution in [0.15, 0.2) is 41.5 Å². The third kappa shape index (κ3) is 4.66. The number of carbonyl (C=O) groups is 2. The van der Waals surface area contributed by atoms with E-state index in [4.69, 9.17) is 20.7 Å². The molecule has 1 aliphatic heterocycles. The molecule has 9 nitrogen and oxygen atoms in total. The fourth-order valence-corrected chi connectivity index (χ4v) is 3.33. The average Bonchev–Trinajstić information content (AvgIpc) is 2.79. The molecular formula is C22H25N5O4. The highest BCUT2D eigenvalue weighted by Gasteiger charge is 2.28. The summed E-state index contributed by atoms with van der Waals surface area (Å²) < 4.78 is 11.0. The number of nitrogens with one attached hydrogen (secondary N) is 2. The van der Waals surface area contributed by atoms with Crippen LogP contribution in [0.2, 0.25) is 0 Å². The number of hydrogen-bond acceptors (Lipinski definition) is 7. The number of nitrogens with zero attached hydrogens (tertiary/aromatic N) is 2. The Bertz CT molecular complexity index is 1050. The zero-order chi connectivity index (χ0) is 22.5. The van der Waals surface area contributed by atoms with Gasteiger partial charge in [-0.05, 0) is 42.3 Å². The van der Waals surface area contributed by atoms with Gasteiger partial charge in [0.25, 0.3) is 5.91 Å². The van der Waals surface area contributed by atoms with Gasteiger partial charge in [-0.15, -0.1) is 0 Å². The molecule has 1 heterocycles. The van der Waals surface area contributed by atoms with Crippen LogP contribution in [0.25, 0.3) is 0 Å². The number of ether oxygens (including phenoxy) is 2. The molecule has 1 aliphatic rings. The second-order valence-corrected chi connectivity index (χ2v) is 7.29. The lowest BCUT2D eigenvalue weighted by Crippen LogP contribution is -2.33. The van der Waals surface area contributed by atoms with Crippen molar-refractivity contribution in [3.63, 3.8) is 0 Å². The molecule has 0 bridgehead atoms. The van der Waals surface area contributed by atoms with Crippen molar-refractivity contribution < 1.29 is 19.1 Å². The predicted molar refractivity (Wildman–Crippen MR) is 118 cm³/mol. The van der Waals surface area contributed by atoms with Gasteiger partial charge >= 0.3 is 0 Å². The molecule has 4 N–H and O–H groups in total. The number of amides is 2. The molecule has 0 fully saturated rings. The number of fused-ring (bicyclic) bond motifs is 1. The van der Waals surface area contributed by atoms with E-state index in [2.05, 4.69) is 10.4 Å². The van der Waals surface area contributed by atoms with E-state index in [0.29, 0.717) is 23.4 Å². The number of methoxy groups -OCH3 is 1. The minimum Gasteiger partial charge on any atom is -0.497 e. The SMILES string of the molecule is COc1ccc2c(c1)CC(C(=O)Nc1ccc(/C(C=N)=N/N)cc1C(=O)N(C)C)CO2. The van der Waals surface area contributed by atoms with Gasteiger partial charge in [-0.2, -0.15) is 5.10 Å². The number of hydrazone groups is 1. The first-order valence-corrected chi connectivity index (χ1v) is 9.63. The van der Waals surface area contributed by atoms with Crippen LogP contribution < -0.4 is 20.6 Å². The molecule has 2 amide bonds. The summed E-state index contributed by atoms with van der Waals surface area (Å²) in [5, 5.41) is 13.8. The monoisotopic (exact) mass is 423 g/mol. The summed E-state index contributed by atoms with van der Waals surface area (Å²) >= 11 is 0. The normalized spacial score (nSPS) is 15.3. The highest BCUT2D eigenvalue weighted by molar-refractivity contribution is 6.37. The smallest absolute Gasteiger partial charge is 0.255 e. The topological polar surface area (TPSA) is 130 Å². The quantitative estimate of drug-likeness (QED) is 0.371. The first kappa shape index (κ1) is 21.8. The predicted octanol–water partition coefficient (Wildman–Crippen LogP) is 1.90. The van der Waals surface area contributed by atoms with Gasteiger partial charge in [0, 0.05) is 25.9 Å². The van der Waals surface area contributed by atoms with Crippen molar-refractivity contribution in [3.8, 4) is 11.5 Å². The van der Waals surface area contributed by atoms with Gasteiger partial charge in [0.05, 0.1) is 24.3 Å². The van der Waals surface area contributed by atoms with E-state index in [1.165, 1.54) is 4.90 Å². The lowest BCUT2D eigenvalue weighted by molar-refractivity contribution is -0.121. The third-order valence-corrected chi connectivity index (χ3v) is 5.03. The Labute approximate surface area is 180 Å². The summed E-state index contributed by atoms with van der Waals surface area (Å²) in [4.78, 5) is 27.1. The van der Waals surface area contributed by atoms with Crippen LogP contribution in [0, 0.1) is 11.3 Å². The van der Waals surface area contributed by atoms with E-state index in [1.807, 2.05) is 18.2 Å². The van der Waals surface area contributed by atoms with Crippen LogP contribution in [0.4, 0.5) is 5.69 Å². The Morgan fingerprint density at radius 3 is 2.71 bits per heavy atom. The summed E-state index contributed by atoms with van der Waals surface area (Å²) in [6.45, 7) is 0.234. The van der Waals surface area contributed by atoms with Crippen LogP contribution in [-0.4, -0.2) is 56.5 Å². The molecule has 9 heteroatoms. The molecule has 2 aromatic carbocycles. The first-order chi connectivity index (χ1) is 14.9. The fraction of sp³-hybridized carbons (Fsp3) is 0.273. The summed E-state index contributed by atoms with van der Waals surface area (Å²) in [7, 11) is 4.82. The molecule has 0 spiro atoms. The van der Waals surface area contributed by atoms with Crippen molar-refractivity contribution in [1.82, 2.24) is 4.90 Å². The van der Waals surface area contributed by atoms with E-state index in [0.717, 1.165) is 17.5 Å². The molecule has 3 rings (SSSR count). The van der Waals surface area contributed by atoms with E-state index < -0.39 is 5.92 Å². The number of rotatable bonds is 6. The molecule has 0 aliphatic carbocycles. The molecular weight excluding hydrogens is 398 g/mol. The number of anilines is 1. The highest BCUT2D eigenvalue weighted by Crippen LogP contribution is 2.31. The third-order valence-electron chi connectivity index (χ3n) is 5.03. The van der Waals surface area contributed by atoms with Crippen LogP contribution in [0.1, 0.15) is 21.5 Å². The maximum absolute atomic E-state index is 13.0. The van der Waals surface area contributed by atoms with Crippen LogP contribution in [0.5, 0.6) is 11.5 Å². The van der Waals surface area contributed by atoms with Crippen molar-refractivity contribution in [2.45, 2.75) is 6.42 Å². The molecule has 0 saturated carbocycles. The van der Waals surface area contributed by atoms with Crippen LogP contribution >= 0.6 is 0 Å². The van der Waals surface area contributed by atoms with Gasteiger partial charge in [0.1, 0.15) is 23.8 Å². The maximum Gasteiger partial charge on any atom is 0.255 e. The lowest BCUT2D eigenvalue weighted by atomic mass is 9.95. The zero-order valence-corrected chi connectivity index (χ0v) is 17.6. The van der Waals surface area contributed by atoms with Crippen LogP contribution in [-0.2, 0) is 11.2 Å². The van der Waals surface area contributed by atoms with Crippen molar-refractivity contribution in [2.75, 3.05) is 33.1 Å². The van der Waals surface area contributed by atoms with Crippen molar-refractivity contribution in [1.29, 1.82) is 5.41 Å². The first-order valence-electron chi connectivity index (χ1n) is 9.63. The van der Waals surface area contributed by atoms with Gasteiger partial charge in [-0.25, -0.2) is 0 Å². The second-order valence-electron chi connectivity index (χ2n) is 7.29.